The minimum atomic E-state index is -0.751. The fourth-order valence-corrected chi connectivity index (χ4v) is 2.99. The maximum atomic E-state index is 13.4. The third-order valence-electron chi connectivity index (χ3n) is 4.50. The molecule has 2 unspecified atom stereocenters. The monoisotopic (exact) mass is 428 g/mol. The van der Waals surface area contributed by atoms with Crippen LogP contribution in [0, 0.1) is 22.7 Å². The molecule has 0 saturated carbocycles. The van der Waals surface area contributed by atoms with Crippen LogP contribution in [0.2, 0.25) is 0 Å². The molecule has 0 aromatic heterocycles. The molecule has 30 heavy (non-hydrogen) atoms. The Morgan fingerprint density at radius 2 is 1.10 bits per heavy atom. The van der Waals surface area contributed by atoms with Gasteiger partial charge in [0.1, 0.15) is 12.1 Å². The molecular weight excluding hydrogens is 384 g/mol. The van der Waals surface area contributed by atoms with E-state index in [1.54, 1.807) is 14.1 Å². The molecule has 0 aliphatic carbocycles. The summed E-state index contributed by atoms with van der Waals surface area (Å²) in [6, 6.07) is -1.49. The van der Waals surface area contributed by atoms with Crippen LogP contribution in [-0.2, 0) is 19.1 Å². The van der Waals surface area contributed by atoms with Crippen molar-refractivity contribution in [1.29, 1.82) is 0 Å². The van der Waals surface area contributed by atoms with E-state index in [0.717, 1.165) is 0 Å². The standard InChI is InChI=1S/C23H44N2O5/c1-15(2)17(25(12)21(28)30-14-23(8,9)10)19(26)24(11)18(16(3)4)20(27)29-13-22(5,6)7/h15-18H,13-14H2,1-12H3. The Bertz CT molecular complexity index is 587. The summed E-state index contributed by atoms with van der Waals surface area (Å²) < 4.78 is 10.9. The molecular formula is C23H44N2O5. The van der Waals surface area contributed by atoms with Crippen molar-refractivity contribution < 1.29 is 23.9 Å². The predicted octanol–water partition coefficient (Wildman–Crippen LogP) is 4.20. The highest BCUT2D eigenvalue weighted by Crippen LogP contribution is 2.21. The number of ether oxygens (including phenoxy) is 2. The summed E-state index contributed by atoms with van der Waals surface area (Å²) in [5.41, 5.74) is -0.346. The fraction of sp³-hybridized carbons (Fsp3) is 0.870. The largest absolute Gasteiger partial charge is 0.464 e. The fourth-order valence-electron chi connectivity index (χ4n) is 2.99. The van der Waals surface area contributed by atoms with Gasteiger partial charge in [-0.05, 0) is 22.7 Å². The first-order valence-corrected chi connectivity index (χ1v) is 10.7. The molecule has 0 N–H and O–H groups in total. The van der Waals surface area contributed by atoms with Gasteiger partial charge in [0.15, 0.2) is 0 Å². The van der Waals surface area contributed by atoms with Crippen molar-refractivity contribution in [3.05, 3.63) is 0 Å². The molecule has 0 spiro atoms. The van der Waals surface area contributed by atoms with E-state index < -0.39 is 24.1 Å². The van der Waals surface area contributed by atoms with Crippen LogP contribution in [0.1, 0.15) is 69.2 Å². The van der Waals surface area contributed by atoms with Crippen LogP contribution < -0.4 is 0 Å². The molecule has 0 radical (unpaired) electrons. The number of carbonyl (C=O) groups excluding carboxylic acids is 3. The average molecular weight is 429 g/mol. The average Bonchev–Trinajstić information content (AvgIpc) is 2.55. The molecule has 176 valence electrons. The predicted molar refractivity (Wildman–Crippen MR) is 119 cm³/mol. The van der Waals surface area contributed by atoms with Crippen LogP contribution in [0.3, 0.4) is 0 Å². The highest BCUT2D eigenvalue weighted by Gasteiger charge is 2.39. The van der Waals surface area contributed by atoms with Crippen molar-refractivity contribution in [2.45, 2.75) is 81.3 Å². The highest BCUT2D eigenvalue weighted by atomic mass is 16.6. The zero-order valence-electron chi connectivity index (χ0n) is 21.2. The number of amides is 2. The van der Waals surface area contributed by atoms with Crippen molar-refractivity contribution >= 4 is 18.0 Å². The number of rotatable bonds is 8. The Morgan fingerprint density at radius 1 is 0.700 bits per heavy atom. The summed E-state index contributed by atoms with van der Waals surface area (Å²) in [6.45, 7) is 19.8. The summed E-state index contributed by atoms with van der Waals surface area (Å²) in [7, 11) is 3.15. The topological polar surface area (TPSA) is 76.2 Å². The Labute approximate surface area is 183 Å². The molecule has 0 rings (SSSR count). The summed E-state index contributed by atoms with van der Waals surface area (Å²) in [5.74, 6) is -1.05. The molecule has 2 atom stereocenters. The summed E-state index contributed by atoms with van der Waals surface area (Å²) >= 11 is 0. The Hall–Kier alpha value is -1.79. The number of carbonyl (C=O) groups is 3. The van der Waals surface area contributed by atoms with Gasteiger partial charge in [0.05, 0.1) is 13.2 Å². The van der Waals surface area contributed by atoms with Crippen molar-refractivity contribution in [3.63, 3.8) is 0 Å². The van der Waals surface area contributed by atoms with Crippen LogP contribution in [0.15, 0.2) is 0 Å². The van der Waals surface area contributed by atoms with Gasteiger partial charge in [-0.25, -0.2) is 9.59 Å². The molecule has 7 nitrogen and oxygen atoms in total. The number of esters is 1. The minimum absolute atomic E-state index is 0.141. The zero-order valence-corrected chi connectivity index (χ0v) is 21.2. The van der Waals surface area contributed by atoms with Gasteiger partial charge < -0.3 is 14.4 Å². The molecule has 0 heterocycles. The maximum absolute atomic E-state index is 13.4. The maximum Gasteiger partial charge on any atom is 0.410 e. The molecule has 0 aromatic rings. The molecule has 0 aliphatic heterocycles. The molecule has 0 bridgehead atoms. The first-order chi connectivity index (χ1) is 13.4. The molecule has 0 fully saturated rings. The zero-order chi connectivity index (χ0) is 24.0. The highest BCUT2D eigenvalue weighted by molar-refractivity contribution is 5.89. The van der Waals surface area contributed by atoms with Gasteiger partial charge in [-0.3, -0.25) is 9.69 Å². The lowest BCUT2D eigenvalue weighted by atomic mass is 9.97. The summed E-state index contributed by atoms with van der Waals surface area (Å²) in [4.78, 5) is 41.4. The lowest BCUT2D eigenvalue weighted by Gasteiger charge is -2.37. The SMILES string of the molecule is CC(C)C(C(=O)N(C)C(C(=O)OCC(C)(C)C)C(C)C)N(C)C(=O)OCC(C)(C)C. The minimum Gasteiger partial charge on any atom is -0.464 e. The van der Waals surface area contributed by atoms with Crippen molar-refractivity contribution in [2.75, 3.05) is 27.3 Å². The Morgan fingerprint density at radius 3 is 1.47 bits per heavy atom. The lowest BCUT2D eigenvalue weighted by molar-refractivity contribution is -0.160. The van der Waals surface area contributed by atoms with Gasteiger partial charge in [0.2, 0.25) is 5.91 Å². The van der Waals surface area contributed by atoms with Crippen molar-refractivity contribution in [3.8, 4) is 0 Å². The van der Waals surface area contributed by atoms with E-state index in [9.17, 15) is 14.4 Å². The number of nitrogens with zero attached hydrogens (tertiary/aromatic N) is 2. The molecule has 2 amide bonds. The van der Waals surface area contributed by atoms with Crippen molar-refractivity contribution in [2.24, 2.45) is 22.7 Å². The molecule has 0 aromatic carbocycles. The Kier molecular flexibility index (Phi) is 10.3. The van der Waals surface area contributed by atoms with Gasteiger partial charge in [-0.2, -0.15) is 0 Å². The van der Waals surface area contributed by atoms with Gasteiger partial charge in [0.25, 0.3) is 0 Å². The van der Waals surface area contributed by atoms with Gasteiger partial charge in [-0.15, -0.1) is 0 Å². The normalized spacial score (nSPS) is 14.3. The third-order valence-corrected chi connectivity index (χ3v) is 4.50. The van der Waals surface area contributed by atoms with Gasteiger partial charge >= 0.3 is 12.1 Å². The van der Waals surface area contributed by atoms with Gasteiger partial charge in [0, 0.05) is 14.1 Å². The van der Waals surface area contributed by atoms with Gasteiger partial charge in [-0.1, -0.05) is 69.2 Å². The smallest absolute Gasteiger partial charge is 0.410 e. The van der Waals surface area contributed by atoms with Crippen LogP contribution in [-0.4, -0.2) is 67.2 Å². The lowest BCUT2D eigenvalue weighted by Crippen LogP contribution is -2.56. The summed E-state index contributed by atoms with van der Waals surface area (Å²) in [6.07, 6.45) is -0.554. The number of hydrogen-bond acceptors (Lipinski definition) is 5. The second kappa shape index (κ2) is 11.0. The quantitative estimate of drug-likeness (QED) is 0.542. The van der Waals surface area contributed by atoms with E-state index in [1.165, 1.54) is 9.80 Å². The van der Waals surface area contributed by atoms with Crippen LogP contribution in [0.4, 0.5) is 4.79 Å². The molecule has 0 aliphatic rings. The Balaban J connectivity index is 5.51. The van der Waals surface area contributed by atoms with E-state index in [2.05, 4.69) is 0 Å². The number of hydrogen-bond donors (Lipinski definition) is 0. The first kappa shape index (κ1) is 28.2. The van der Waals surface area contributed by atoms with Crippen LogP contribution in [0.5, 0.6) is 0 Å². The van der Waals surface area contributed by atoms with E-state index >= 15 is 0 Å². The molecule has 0 saturated heterocycles. The van der Waals surface area contributed by atoms with E-state index in [0.29, 0.717) is 0 Å². The number of likely N-dealkylation sites (N-methyl/N-ethyl adjacent to an activating group) is 2. The summed E-state index contributed by atoms with van der Waals surface area (Å²) in [5, 5.41) is 0. The van der Waals surface area contributed by atoms with E-state index in [-0.39, 0.29) is 41.8 Å². The van der Waals surface area contributed by atoms with Crippen molar-refractivity contribution in [1.82, 2.24) is 9.80 Å². The van der Waals surface area contributed by atoms with E-state index in [1.807, 2.05) is 69.2 Å². The van der Waals surface area contributed by atoms with E-state index in [4.69, 9.17) is 9.47 Å². The second-order valence-electron chi connectivity index (χ2n) is 11.2. The van der Waals surface area contributed by atoms with Crippen LogP contribution >= 0.6 is 0 Å². The first-order valence-electron chi connectivity index (χ1n) is 10.7. The second-order valence-corrected chi connectivity index (χ2v) is 11.2. The third kappa shape index (κ3) is 9.35. The van der Waals surface area contributed by atoms with Crippen LogP contribution in [0.25, 0.3) is 0 Å². The molecule has 7 heteroatoms.